The van der Waals surface area contributed by atoms with Crippen molar-refractivity contribution in [2.45, 2.75) is 89.8 Å². The van der Waals surface area contributed by atoms with Gasteiger partial charge in [0.1, 0.15) is 29.4 Å². The highest BCUT2D eigenvalue weighted by molar-refractivity contribution is 5.82. The van der Waals surface area contributed by atoms with E-state index in [0.29, 0.717) is 79.0 Å². The minimum Gasteiger partial charge on any atom is -0.497 e. The molecule has 2 aliphatic carbocycles. The molecular weight excluding hydrogens is 564 g/mol. The minimum atomic E-state index is -0.944. The fourth-order valence-corrected chi connectivity index (χ4v) is 6.77. The van der Waals surface area contributed by atoms with Crippen LogP contribution in [-0.2, 0) is 16.1 Å². The number of aromatic nitrogens is 4. The SMILES string of the molecule is CCOC(=O)CCC1CC(N(C[C@H]2C[C@@H](n3cnc4c(NCc5ccc(OC)cc5OC)ncnc43)[C@H](O)[C@@H]2O)C(C)C)C1. The van der Waals surface area contributed by atoms with Crippen molar-refractivity contribution in [1.29, 1.82) is 0 Å². The Morgan fingerprint density at radius 1 is 1.11 bits per heavy atom. The summed E-state index contributed by atoms with van der Waals surface area (Å²) in [5, 5.41) is 25.7. The lowest BCUT2D eigenvalue weighted by Crippen LogP contribution is -2.51. The van der Waals surface area contributed by atoms with E-state index in [1.807, 2.05) is 29.7 Å². The molecule has 44 heavy (non-hydrogen) atoms. The molecular formula is C32H46N6O6. The number of benzene rings is 1. The molecule has 0 bridgehead atoms. The van der Waals surface area contributed by atoms with Crippen LogP contribution in [-0.4, -0.2) is 92.3 Å². The first-order valence-corrected chi connectivity index (χ1v) is 15.6. The second kappa shape index (κ2) is 14.1. The Labute approximate surface area is 258 Å². The zero-order valence-corrected chi connectivity index (χ0v) is 26.3. The first-order valence-electron chi connectivity index (χ1n) is 15.6. The van der Waals surface area contributed by atoms with Crippen LogP contribution in [0.4, 0.5) is 5.82 Å². The molecule has 5 rings (SSSR count). The Kier molecular flexibility index (Phi) is 10.2. The summed E-state index contributed by atoms with van der Waals surface area (Å²) in [6.07, 6.45) is 5.36. The monoisotopic (exact) mass is 610 g/mol. The van der Waals surface area contributed by atoms with Crippen LogP contribution in [0.2, 0.25) is 0 Å². The molecule has 2 fully saturated rings. The van der Waals surface area contributed by atoms with Crippen molar-refractivity contribution in [1.82, 2.24) is 24.4 Å². The zero-order chi connectivity index (χ0) is 31.4. The zero-order valence-electron chi connectivity index (χ0n) is 26.3. The van der Waals surface area contributed by atoms with Crippen LogP contribution in [0, 0.1) is 11.8 Å². The smallest absolute Gasteiger partial charge is 0.305 e. The number of hydrogen-bond donors (Lipinski definition) is 3. The predicted molar refractivity (Wildman–Crippen MR) is 166 cm³/mol. The Morgan fingerprint density at radius 2 is 1.91 bits per heavy atom. The summed E-state index contributed by atoms with van der Waals surface area (Å²) in [6.45, 7) is 7.75. The number of nitrogens with one attached hydrogen (secondary N) is 1. The van der Waals surface area contributed by atoms with Gasteiger partial charge in [-0.15, -0.1) is 0 Å². The van der Waals surface area contributed by atoms with E-state index in [1.54, 1.807) is 20.5 Å². The van der Waals surface area contributed by atoms with Gasteiger partial charge in [0.25, 0.3) is 0 Å². The van der Waals surface area contributed by atoms with E-state index in [4.69, 9.17) is 14.2 Å². The molecule has 2 heterocycles. The van der Waals surface area contributed by atoms with Gasteiger partial charge < -0.3 is 34.3 Å². The van der Waals surface area contributed by atoms with Crippen molar-refractivity contribution in [2.24, 2.45) is 11.8 Å². The van der Waals surface area contributed by atoms with Crippen molar-refractivity contribution in [3.63, 3.8) is 0 Å². The first kappa shape index (κ1) is 31.9. The molecule has 0 saturated heterocycles. The number of fused-ring (bicyclic) bond motifs is 1. The highest BCUT2D eigenvalue weighted by Gasteiger charge is 2.45. The first-order chi connectivity index (χ1) is 21.2. The van der Waals surface area contributed by atoms with E-state index in [9.17, 15) is 15.0 Å². The average Bonchev–Trinajstić information content (AvgIpc) is 3.55. The van der Waals surface area contributed by atoms with Gasteiger partial charge in [0.05, 0.1) is 39.3 Å². The number of carbonyl (C=O) groups is 1. The molecule has 0 unspecified atom stereocenters. The second-order valence-electron chi connectivity index (χ2n) is 12.2. The lowest BCUT2D eigenvalue weighted by Gasteiger charge is -2.46. The van der Waals surface area contributed by atoms with E-state index in [2.05, 4.69) is 39.0 Å². The Bertz CT molecular complexity index is 1410. The van der Waals surface area contributed by atoms with E-state index in [0.717, 1.165) is 24.8 Å². The molecule has 0 aliphatic heterocycles. The summed E-state index contributed by atoms with van der Waals surface area (Å²) in [4.78, 5) is 27.7. The predicted octanol–water partition coefficient (Wildman–Crippen LogP) is 3.57. The van der Waals surface area contributed by atoms with Crippen LogP contribution < -0.4 is 14.8 Å². The Morgan fingerprint density at radius 3 is 2.61 bits per heavy atom. The lowest BCUT2D eigenvalue weighted by atomic mass is 9.76. The van der Waals surface area contributed by atoms with Crippen molar-refractivity contribution < 1.29 is 29.2 Å². The molecule has 0 radical (unpaired) electrons. The number of aliphatic hydroxyl groups excluding tert-OH is 2. The van der Waals surface area contributed by atoms with Crippen molar-refractivity contribution >= 4 is 23.0 Å². The number of ether oxygens (including phenoxy) is 3. The summed E-state index contributed by atoms with van der Waals surface area (Å²) in [5.41, 5.74) is 2.13. The molecule has 2 aliphatic rings. The van der Waals surface area contributed by atoms with Crippen LogP contribution >= 0.6 is 0 Å². The summed E-state index contributed by atoms with van der Waals surface area (Å²) in [6, 6.07) is 5.99. The Hall–Kier alpha value is -3.48. The van der Waals surface area contributed by atoms with Crippen molar-refractivity contribution in [3.05, 3.63) is 36.4 Å². The van der Waals surface area contributed by atoms with E-state index in [1.165, 1.54) is 6.33 Å². The third kappa shape index (κ3) is 6.77. The summed E-state index contributed by atoms with van der Waals surface area (Å²) < 4.78 is 17.8. The molecule has 3 aromatic rings. The van der Waals surface area contributed by atoms with Gasteiger partial charge in [-0.05, 0) is 64.5 Å². The molecule has 12 heteroatoms. The highest BCUT2D eigenvalue weighted by atomic mass is 16.5. The lowest BCUT2D eigenvalue weighted by molar-refractivity contribution is -0.143. The van der Waals surface area contributed by atoms with Crippen LogP contribution in [0.1, 0.15) is 64.5 Å². The van der Waals surface area contributed by atoms with Crippen LogP contribution in [0.15, 0.2) is 30.9 Å². The largest absolute Gasteiger partial charge is 0.497 e. The summed E-state index contributed by atoms with van der Waals surface area (Å²) >= 11 is 0. The highest BCUT2D eigenvalue weighted by Crippen LogP contribution is 2.41. The average molecular weight is 611 g/mol. The van der Waals surface area contributed by atoms with Gasteiger partial charge in [0, 0.05) is 49.1 Å². The van der Waals surface area contributed by atoms with Crippen molar-refractivity contribution in [3.8, 4) is 11.5 Å². The number of methoxy groups -OCH3 is 2. The van der Waals surface area contributed by atoms with Gasteiger partial charge in [-0.1, -0.05) is 0 Å². The number of rotatable bonds is 14. The number of anilines is 1. The quantitative estimate of drug-likeness (QED) is 0.231. The second-order valence-corrected chi connectivity index (χ2v) is 12.2. The maximum absolute atomic E-state index is 11.8. The molecule has 2 saturated carbocycles. The molecule has 0 amide bonds. The standard InChI is InChI=1S/C32H46N6O6/c1-6-44-27(39)10-7-20-11-23(12-20)37(19(2)3)16-22-13-25(30(41)29(22)40)38-18-36-28-31(34-17-35-32(28)38)33-15-21-8-9-24(42-4)14-26(21)43-5/h8-9,14,17-20,22-23,25,29-30,40-41H,6-7,10-13,15-16H2,1-5H3,(H,33,34,35)/t20?,22-,23?,25-,29-,30+/m1/s1. The van der Waals surface area contributed by atoms with Gasteiger partial charge >= 0.3 is 5.97 Å². The number of carbonyl (C=O) groups excluding carboxylic acids is 1. The molecule has 2 aromatic heterocycles. The number of nitrogens with zero attached hydrogens (tertiary/aromatic N) is 5. The number of hydrogen-bond acceptors (Lipinski definition) is 11. The van der Waals surface area contributed by atoms with Gasteiger partial charge in [-0.2, -0.15) is 0 Å². The van der Waals surface area contributed by atoms with Crippen LogP contribution in [0.3, 0.4) is 0 Å². The summed E-state index contributed by atoms with van der Waals surface area (Å²) in [5.74, 6) is 2.28. The fraction of sp³-hybridized carbons (Fsp3) is 0.625. The molecule has 1 aromatic carbocycles. The van der Waals surface area contributed by atoms with E-state index >= 15 is 0 Å². The summed E-state index contributed by atoms with van der Waals surface area (Å²) in [7, 11) is 3.24. The van der Waals surface area contributed by atoms with Gasteiger partial charge in [0.15, 0.2) is 11.5 Å². The third-order valence-corrected chi connectivity index (χ3v) is 9.28. The van der Waals surface area contributed by atoms with Crippen LogP contribution in [0.25, 0.3) is 11.2 Å². The molecule has 4 atom stereocenters. The molecule has 12 nitrogen and oxygen atoms in total. The topological polar surface area (TPSA) is 144 Å². The van der Waals surface area contributed by atoms with E-state index in [-0.39, 0.29) is 17.9 Å². The molecule has 3 N–H and O–H groups in total. The van der Waals surface area contributed by atoms with Gasteiger partial charge in [-0.25, -0.2) is 15.0 Å². The minimum absolute atomic E-state index is 0.101. The van der Waals surface area contributed by atoms with E-state index < -0.39 is 12.2 Å². The van der Waals surface area contributed by atoms with Crippen LogP contribution in [0.5, 0.6) is 11.5 Å². The van der Waals surface area contributed by atoms with Gasteiger partial charge in [0.2, 0.25) is 0 Å². The number of aliphatic hydroxyl groups is 2. The maximum Gasteiger partial charge on any atom is 0.305 e. The van der Waals surface area contributed by atoms with Gasteiger partial charge in [-0.3, -0.25) is 9.69 Å². The number of esters is 1. The fourth-order valence-electron chi connectivity index (χ4n) is 6.77. The Balaban J connectivity index is 1.24. The number of imidazole rings is 1. The van der Waals surface area contributed by atoms with Crippen molar-refractivity contribution in [2.75, 3.05) is 32.7 Å². The molecule has 240 valence electrons. The third-order valence-electron chi connectivity index (χ3n) is 9.28. The molecule has 0 spiro atoms. The normalized spacial score (nSPS) is 24.9. The maximum atomic E-state index is 11.8.